The molecule has 168 valence electrons. The highest BCUT2D eigenvalue weighted by molar-refractivity contribution is 6.51. The molecular weight excluding hydrogens is 418 g/mol. The van der Waals surface area contributed by atoms with Crippen molar-refractivity contribution in [2.75, 3.05) is 19.1 Å². The topological polar surface area (TPSA) is 76.1 Å². The van der Waals surface area contributed by atoms with Crippen LogP contribution in [-0.4, -0.2) is 31.0 Å². The zero-order valence-corrected chi connectivity index (χ0v) is 19.0. The first-order chi connectivity index (χ1) is 15.9. The Hall–Kier alpha value is -4.06. The van der Waals surface area contributed by atoms with E-state index in [1.807, 2.05) is 32.0 Å². The second-order valence-corrected chi connectivity index (χ2v) is 7.86. The van der Waals surface area contributed by atoms with Gasteiger partial charge >= 0.3 is 0 Å². The van der Waals surface area contributed by atoms with Gasteiger partial charge in [0.15, 0.2) is 0 Å². The van der Waals surface area contributed by atoms with Gasteiger partial charge in [-0.05, 0) is 60.9 Å². The molecule has 0 bridgehead atoms. The number of aryl methyl sites for hydroxylation is 1. The summed E-state index contributed by atoms with van der Waals surface area (Å²) in [5.41, 5.74) is 3.53. The number of benzene rings is 3. The van der Waals surface area contributed by atoms with Crippen molar-refractivity contribution in [1.29, 1.82) is 0 Å². The van der Waals surface area contributed by atoms with Crippen LogP contribution in [0.1, 0.15) is 28.3 Å². The summed E-state index contributed by atoms with van der Waals surface area (Å²) in [6.45, 7) is 3.86. The maximum atomic E-state index is 13.4. The van der Waals surface area contributed by atoms with Crippen LogP contribution in [0.3, 0.4) is 0 Å². The Bertz CT molecular complexity index is 1260. The molecule has 1 saturated heterocycles. The summed E-state index contributed by atoms with van der Waals surface area (Å²) in [5.74, 6) is -0.672. The number of carbonyl (C=O) groups is 2. The van der Waals surface area contributed by atoms with E-state index in [1.165, 1.54) is 12.0 Å². The summed E-state index contributed by atoms with van der Waals surface area (Å²) in [4.78, 5) is 28.1. The van der Waals surface area contributed by atoms with Gasteiger partial charge in [0.05, 0.1) is 31.4 Å². The van der Waals surface area contributed by atoms with E-state index in [-0.39, 0.29) is 11.3 Å². The van der Waals surface area contributed by atoms with Crippen LogP contribution in [0, 0.1) is 13.8 Å². The van der Waals surface area contributed by atoms with E-state index < -0.39 is 17.7 Å². The second-order valence-electron chi connectivity index (χ2n) is 7.86. The number of carbonyl (C=O) groups excluding carboxylic acids is 2. The molecule has 0 saturated carbocycles. The molecule has 1 heterocycles. The van der Waals surface area contributed by atoms with E-state index in [4.69, 9.17) is 9.47 Å². The molecule has 1 aliphatic heterocycles. The van der Waals surface area contributed by atoms with Crippen LogP contribution in [0.2, 0.25) is 0 Å². The van der Waals surface area contributed by atoms with Gasteiger partial charge in [-0.2, -0.15) is 0 Å². The Morgan fingerprint density at radius 3 is 2.24 bits per heavy atom. The van der Waals surface area contributed by atoms with Gasteiger partial charge in [0.1, 0.15) is 17.3 Å². The van der Waals surface area contributed by atoms with E-state index in [0.717, 1.165) is 11.1 Å². The number of aliphatic hydroxyl groups is 1. The van der Waals surface area contributed by atoms with Gasteiger partial charge in [-0.25, -0.2) is 0 Å². The van der Waals surface area contributed by atoms with Gasteiger partial charge in [0.2, 0.25) is 0 Å². The first-order valence-corrected chi connectivity index (χ1v) is 10.5. The predicted molar refractivity (Wildman–Crippen MR) is 127 cm³/mol. The molecule has 1 amide bonds. The number of methoxy groups -OCH3 is 2. The number of rotatable bonds is 5. The molecule has 1 unspecified atom stereocenters. The van der Waals surface area contributed by atoms with Crippen molar-refractivity contribution in [3.8, 4) is 11.5 Å². The summed E-state index contributed by atoms with van der Waals surface area (Å²) < 4.78 is 10.7. The highest BCUT2D eigenvalue weighted by atomic mass is 16.5. The Kier molecular flexibility index (Phi) is 5.92. The lowest BCUT2D eigenvalue weighted by molar-refractivity contribution is -0.132. The van der Waals surface area contributed by atoms with E-state index >= 15 is 0 Å². The molecule has 1 fully saturated rings. The van der Waals surface area contributed by atoms with Crippen LogP contribution in [-0.2, 0) is 9.59 Å². The number of hydrogen-bond donors (Lipinski definition) is 1. The van der Waals surface area contributed by atoms with E-state index in [2.05, 4.69) is 0 Å². The molecule has 1 N–H and O–H groups in total. The van der Waals surface area contributed by atoms with E-state index in [0.29, 0.717) is 28.3 Å². The minimum atomic E-state index is -0.818. The molecule has 6 nitrogen and oxygen atoms in total. The lowest BCUT2D eigenvalue weighted by atomic mass is 9.94. The van der Waals surface area contributed by atoms with Crippen LogP contribution in [0.25, 0.3) is 5.76 Å². The molecule has 4 rings (SSSR count). The van der Waals surface area contributed by atoms with Crippen molar-refractivity contribution < 1.29 is 24.2 Å². The Morgan fingerprint density at radius 1 is 0.879 bits per heavy atom. The number of anilines is 1. The highest BCUT2D eigenvalue weighted by Crippen LogP contribution is 2.44. The van der Waals surface area contributed by atoms with Gasteiger partial charge < -0.3 is 14.6 Å². The number of amides is 1. The molecule has 33 heavy (non-hydrogen) atoms. The second kappa shape index (κ2) is 8.82. The third-order valence-electron chi connectivity index (χ3n) is 6.07. The smallest absolute Gasteiger partial charge is 0.300 e. The fourth-order valence-electron chi connectivity index (χ4n) is 4.16. The first kappa shape index (κ1) is 22.1. The van der Waals surface area contributed by atoms with Crippen LogP contribution < -0.4 is 14.4 Å². The van der Waals surface area contributed by atoms with Gasteiger partial charge in [-0.3, -0.25) is 14.5 Å². The van der Waals surface area contributed by atoms with Gasteiger partial charge in [-0.15, -0.1) is 0 Å². The molecule has 1 atom stereocenters. The largest absolute Gasteiger partial charge is 0.507 e. The molecular formula is C27H25NO5. The van der Waals surface area contributed by atoms with Crippen molar-refractivity contribution in [2.45, 2.75) is 19.9 Å². The van der Waals surface area contributed by atoms with Crippen molar-refractivity contribution in [1.82, 2.24) is 0 Å². The average molecular weight is 443 g/mol. The molecule has 3 aromatic carbocycles. The third kappa shape index (κ3) is 3.74. The molecule has 1 aliphatic rings. The SMILES string of the molecule is COc1ccc(C2/C(=C(\O)c3ccccc3OC)C(=O)C(=O)N2c2cccc(C)c2C)cc1. The zero-order chi connectivity index (χ0) is 23.7. The number of ketones is 1. The van der Waals surface area contributed by atoms with Crippen LogP contribution in [0.15, 0.2) is 72.3 Å². The summed E-state index contributed by atoms with van der Waals surface area (Å²) in [5, 5.41) is 11.3. The van der Waals surface area contributed by atoms with Crippen molar-refractivity contribution in [3.63, 3.8) is 0 Å². The standard InChI is InChI=1S/C27H25NO5/c1-16-8-7-10-21(17(16)2)28-24(18-12-14-19(32-3)15-13-18)23(26(30)27(28)31)25(29)20-9-5-6-11-22(20)33-4/h5-15,24,29H,1-4H3/b25-23+. The number of nitrogens with zero attached hydrogens (tertiary/aromatic N) is 1. The van der Waals surface area contributed by atoms with Gasteiger partial charge in [0, 0.05) is 5.69 Å². The van der Waals surface area contributed by atoms with Crippen LogP contribution in [0.5, 0.6) is 11.5 Å². The fourth-order valence-corrected chi connectivity index (χ4v) is 4.16. The lowest BCUT2D eigenvalue weighted by Gasteiger charge is -2.27. The summed E-state index contributed by atoms with van der Waals surface area (Å²) in [6.07, 6.45) is 0. The van der Waals surface area contributed by atoms with Crippen molar-refractivity contribution in [2.24, 2.45) is 0 Å². The Morgan fingerprint density at radius 2 is 1.58 bits per heavy atom. The molecule has 0 aromatic heterocycles. The summed E-state index contributed by atoms with van der Waals surface area (Å²) >= 11 is 0. The average Bonchev–Trinajstić information content (AvgIpc) is 3.10. The third-order valence-corrected chi connectivity index (χ3v) is 6.07. The molecule has 6 heteroatoms. The normalized spacial score (nSPS) is 17.3. The van der Waals surface area contributed by atoms with E-state index in [9.17, 15) is 14.7 Å². The van der Waals surface area contributed by atoms with Crippen LogP contribution in [0.4, 0.5) is 5.69 Å². The lowest BCUT2D eigenvalue weighted by Crippen LogP contribution is -2.30. The van der Waals surface area contributed by atoms with Gasteiger partial charge in [-0.1, -0.05) is 36.4 Å². The molecule has 0 aliphatic carbocycles. The maximum absolute atomic E-state index is 13.4. The fraction of sp³-hybridized carbons (Fsp3) is 0.185. The summed E-state index contributed by atoms with van der Waals surface area (Å²) in [6, 6.07) is 18.8. The number of ether oxygens (including phenoxy) is 2. The monoisotopic (exact) mass is 443 g/mol. The predicted octanol–water partition coefficient (Wildman–Crippen LogP) is 4.95. The molecule has 3 aromatic rings. The first-order valence-electron chi connectivity index (χ1n) is 10.5. The Balaban J connectivity index is 1.99. The number of para-hydroxylation sites is 1. The maximum Gasteiger partial charge on any atom is 0.300 e. The number of aliphatic hydroxyl groups excluding tert-OH is 1. The quantitative estimate of drug-likeness (QED) is 0.343. The summed E-state index contributed by atoms with van der Waals surface area (Å²) in [7, 11) is 3.06. The Labute approximate surface area is 192 Å². The van der Waals surface area contributed by atoms with Crippen molar-refractivity contribution >= 4 is 23.1 Å². The van der Waals surface area contributed by atoms with Crippen LogP contribution >= 0.6 is 0 Å². The van der Waals surface area contributed by atoms with Crippen molar-refractivity contribution in [3.05, 3.63) is 94.6 Å². The zero-order valence-electron chi connectivity index (χ0n) is 19.0. The number of Topliss-reactive ketones (excluding diaryl/α,β-unsaturated/α-hetero) is 1. The highest BCUT2D eigenvalue weighted by Gasteiger charge is 2.47. The molecule has 0 radical (unpaired) electrons. The molecule has 0 spiro atoms. The van der Waals surface area contributed by atoms with Gasteiger partial charge in [0.25, 0.3) is 11.7 Å². The number of hydrogen-bond acceptors (Lipinski definition) is 5. The minimum Gasteiger partial charge on any atom is -0.507 e. The minimum absolute atomic E-state index is 0.00979. The van der Waals surface area contributed by atoms with E-state index in [1.54, 1.807) is 55.6 Å².